The molecule has 1 aromatic heterocycles. The monoisotopic (exact) mass is 273 g/mol. The van der Waals surface area contributed by atoms with Gasteiger partial charge in [-0.15, -0.1) is 0 Å². The molecule has 0 radical (unpaired) electrons. The maximum absolute atomic E-state index is 4.48. The smallest absolute Gasteiger partial charge is 0.0738 e. The molecule has 0 spiro atoms. The fourth-order valence-electron chi connectivity index (χ4n) is 1.61. The van der Waals surface area contributed by atoms with Crippen molar-refractivity contribution in [2.45, 2.75) is 46.2 Å². The normalized spacial score (nSPS) is 13.1. The van der Waals surface area contributed by atoms with Crippen LogP contribution in [0.25, 0.3) is 0 Å². The van der Waals surface area contributed by atoms with Crippen LogP contribution in [0.3, 0.4) is 0 Å². The van der Waals surface area contributed by atoms with E-state index in [1.807, 2.05) is 14.0 Å². The van der Waals surface area contributed by atoms with Crippen LogP contribution in [-0.4, -0.2) is 22.9 Å². The molecular formula is C11H20BrN3. The first-order valence-electron chi connectivity index (χ1n) is 5.49. The molecule has 1 heterocycles. The molecule has 0 aliphatic rings. The van der Waals surface area contributed by atoms with Gasteiger partial charge in [-0.25, -0.2) is 0 Å². The van der Waals surface area contributed by atoms with Crippen molar-refractivity contribution in [3.05, 3.63) is 15.9 Å². The number of nitrogens with zero attached hydrogens (tertiary/aromatic N) is 2. The number of halogens is 1. The summed E-state index contributed by atoms with van der Waals surface area (Å²) < 4.78 is 3.26. The molecule has 1 aromatic rings. The van der Waals surface area contributed by atoms with E-state index in [-0.39, 0.29) is 0 Å². The third kappa shape index (κ3) is 3.05. The van der Waals surface area contributed by atoms with Crippen LogP contribution >= 0.6 is 15.9 Å². The maximum atomic E-state index is 4.48. The standard InChI is InChI=1S/C11H20BrN3/c1-5-15-10(7-6-8(2)13-4)11(12)9(3)14-15/h8,13H,5-7H2,1-4H3. The highest BCUT2D eigenvalue weighted by molar-refractivity contribution is 9.10. The van der Waals surface area contributed by atoms with Crippen molar-refractivity contribution >= 4 is 15.9 Å². The first-order valence-corrected chi connectivity index (χ1v) is 6.28. The third-order valence-electron chi connectivity index (χ3n) is 2.76. The van der Waals surface area contributed by atoms with Crippen LogP contribution in [0, 0.1) is 6.92 Å². The molecule has 86 valence electrons. The summed E-state index contributed by atoms with van der Waals surface area (Å²) in [5.41, 5.74) is 2.40. The summed E-state index contributed by atoms with van der Waals surface area (Å²) in [5.74, 6) is 0. The number of aromatic nitrogens is 2. The van der Waals surface area contributed by atoms with Crippen LogP contribution < -0.4 is 5.32 Å². The van der Waals surface area contributed by atoms with E-state index < -0.39 is 0 Å². The van der Waals surface area contributed by atoms with Crippen LogP contribution in [0.2, 0.25) is 0 Å². The summed E-state index contributed by atoms with van der Waals surface area (Å²) >= 11 is 3.61. The van der Waals surface area contributed by atoms with Gasteiger partial charge in [0.2, 0.25) is 0 Å². The molecule has 0 aliphatic carbocycles. The van der Waals surface area contributed by atoms with Crippen molar-refractivity contribution in [2.24, 2.45) is 0 Å². The van der Waals surface area contributed by atoms with Gasteiger partial charge in [-0.2, -0.15) is 5.10 Å². The van der Waals surface area contributed by atoms with E-state index in [2.05, 4.69) is 44.9 Å². The molecule has 0 aromatic carbocycles. The molecule has 4 heteroatoms. The Bertz CT molecular complexity index is 320. The number of nitrogens with one attached hydrogen (secondary N) is 1. The van der Waals surface area contributed by atoms with Crippen molar-refractivity contribution in [2.75, 3.05) is 7.05 Å². The van der Waals surface area contributed by atoms with E-state index in [4.69, 9.17) is 0 Å². The predicted molar refractivity (Wildman–Crippen MR) is 67.2 cm³/mol. The summed E-state index contributed by atoms with van der Waals surface area (Å²) in [6.45, 7) is 7.31. The SMILES string of the molecule is CCn1nc(C)c(Br)c1CCC(C)NC. The van der Waals surface area contributed by atoms with Gasteiger partial charge < -0.3 is 5.32 Å². The van der Waals surface area contributed by atoms with Crippen molar-refractivity contribution < 1.29 is 0 Å². The van der Waals surface area contributed by atoms with Crippen LogP contribution in [0.5, 0.6) is 0 Å². The van der Waals surface area contributed by atoms with Gasteiger partial charge in [0.15, 0.2) is 0 Å². The fraction of sp³-hybridized carbons (Fsp3) is 0.727. The highest BCUT2D eigenvalue weighted by atomic mass is 79.9. The quantitative estimate of drug-likeness (QED) is 0.894. The molecule has 0 saturated heterocycles. The Labute approximate surface area is 100 Å². The zero-order valence-corrected chi connectivity index (χ0v) is 11.6. The highest BCUT2D eigenvalue weighted by Gasteiger charge is 2.12. The first-order chi connectivity index (χ1) is 7.10. The van der Waals surface area contributed by atoms with E-state index in [1.54, 1.807) is 0 Å². The second-order valence-corrected chi connectivity index (χ2v) is 4.68. The molecule has 0 bridgehead atoms. The van der Waals surface area contributed by atoms with Crippen LogP contribution in [0.4, 0.5) is 0 Å². The van der Waals surface area contributed by atoms with E-state index >= 15 is 0 Å². The average Bonchev–Trinajstić information content (AvgIpc) is 2.52. The fourth-order valence-corrected chi connectivity index (χ4v) is 2.09. The molecular weight excluding hydrogens is 254 g/mol. The Balaban J connectivity index is 2.74. The zero-order valence-electron chi connectivity index (χ0n) is 9.97. The molecule has 0 aliphatic heterocycles. The lowest BCUT2D eigenvalue weighted by atomic mass is 10.1. The van der Waals surface area contributed by atoms with Crippen molar-refractivity contribution in [1.82, 2.24) is 15.1 Å². The first kappa shape index (κ1) is 12.7. The lowest BCUT2D eigenvalue weighted by Crippen LogP contribution is -2.22. The molecule has 15 heavy (non-hydrogen) atoms. The topological polar surface area (TPSA) is 29.9 Å². The maximum Gasteiger partial charge on any atom is 0.0738 e. The number of hydrogen-bond donors (Lipinski definition) is 1. The summed E-state index contributed by atoms with van der Waals surface area (Å²) in [6, 6.07) is 0.553. The minimum Gasteiger partial charge on any atom is -0.317 e. The molecule has 0 fully saturated rings. The molecule has 0 amide bonds. The van der Waals surface area contributed by atoms with Gasteiger partial charge in [0.05, 0.1) is 15.9 Å². The zero-order chi connectivity index (χ0) is 11.4. The molecule has 0 saturated carbocycles. The Morgan fingerprint density at radius 3 is 2.73 bits per heavy atom. The van der Waals surface area contributed by atoms with E-state index in [0.717, 1.165) is 25.1 Å². The molecule has 1 atom stereocenters. The Morgan fingerprint density at radius 1 is 1.53 bits per heavy atom. The molecule has 1 rings (SSSR count). The Kier molecular flexibility index (Phi) is 4.80. The average molecular weight is 274 g/mol. The van der Waals surface area contributed by atoms with E-state index in [1.165, 1.54) is 10.2 Å². The van der Waals surface area contributed by atoms with Crippen LogP contribution in [0.15, 0.2) is 4.47 Å². The van der Waals surface area contributed by atoms with Gasteiger partial charge >= 0.3 is 0 Å². The summed E-state index contributed by atoms with van der Waals surface area (Å²) in [5, 5.41) is 7.74. The van der Waals surface area contributed by atoms with Gasteiger partial charge in [-0.3, -0.25) is 4.68 Å². The van der Waals surface area contributed by atoms with Crippen molar-refractivity contribution in [1.29, 1.82) is 0 Å². The minimum absolute atomic E-state index is 0.553. The summed E-state index contributed by atoms with van der Waals surface area (Å²) in [4.78, 5) is 0. The minimum atomic E-state index is 0.553. The largest absolute Gasteiger partial charge is 0.317 e. The predicted octanol–water partition coefficient (Wildman–Crippen LogP) is 2.51. The Morgan fingerprint density at radius 2 is 2.20 bits per heavy atom. The number of aryl methyl sites for hydroxylation is 2. The van der Waals surface area contributed by atoms with Crippen molar-refractivity contribution in [3.63, 3.8) is 0 Å². The summed E-state index contributed by atoms with van der Waals surface area (Å²) in [6.07, 6.45) is 2.21. The summed E-state index contributed by atoms with van der Waals surface area (Å²) in [7, 11) is 2.00. The number of hydrogen-bond acceptors (Lipinski definition) is 2. The van der Waals surface area contributed by atoms with Gasteiger partial charge in [0.25, 0.3) is 0 Å². The third-order valence-corrected chi connectivity index (χ3v) is 3.79. The van der Waals surface area contributed by atoms with E-state index in [9.17, 15) is 0 Å². The van der Waals surface area contributed by atoms with Gasteiger partial charge in [0.1, 0.15) is 0 Å². The van der Waals surface area contributed by atoms with Crippen LogP contribution in [-0.2, 0) is 13.0 Å². The molecule has 3 nitrogen and oxygen atoms in total. The lowest BCUT2D eigenvalue weighted by molar-refractivity contribution is 0.537. The highest BCUT2D eigenvalue weighted by Crippen LogP contribution is 2.22. The van der Waals surface area contributed by atoms with Gasteiger partial charge in [0, 0.05) is 12.6 Å². The van der Waals surface area contributed by atoms with Gasteiger partial charge in [-0.05, 0) is 56.6 Å². The molecule has 1 N–H and O–H groups in total. The second kappa shape index (κ2) is 5.66. The van der Waals surface area contributed by atoms with E-state index in [0.29, 0.717) is 6.04 Å². The second-order valence-electron chi connectivity index (χ2n) is 3.89. The van der Waals surface area contributed by atoms with Gasteiger partial charge in [-0.1, -0.05) is 0 Å². The lowest BCUT2D eigenvalue weighted by Gasteiger charge is -2.10. The Hall–Kier alpha value is -0.350. The number of rotatable bonds is 5. The van der Waals surface area contributed by atoms with Crippen molar-refractivity contribution in [3.8, 4) is 0 Å². The molecule has 1 unspecified atom stereocenters. The van der Waals surface area contributed by atoms with Crippen LogP contribution in [0.1, 0.15) is 31.7 Å².